The Labute approximate surface area is 154 Å². The van der Waals surface area contributed by atoms with Gasteiger partial charge in [-0.1, -0.05) is 13.8 Å². The monoisotopic (exact) mass is 354 g/mol. The minimum atomic E-state index is 0.687. The fourth-order valence-corrected chi connectivity index (χ4v) is 3.42. The molecule has 0 unspecified atom stereocenters. The first-order valence-corrected chi connectivity index (χ1v) is 9.26. The van der Waals surface area contributed by atoms with Crippen LogP contribution in [-0.4, -0.2) is 46.3 Å². The van der Waals surface area contributed by atoms with Crippen LogP contribution >= 0.6 is 0 Å². The van der Waals surface area contributed by atoms with E-state index in [9.17, 15) is 5.26 Å². The van der Waals surface area contributed by atoms with Gasteiger partial charge in [-0.05, 0) is 32.3 Å². The van der Waals surface area contributed by atoms with E-state index in [-0.39, 0.29) is 0 Å². The molecule has 0 amide bonds. The number of aryl methyl sites for hydroxylation is 3. The van der Waals surface area contributed by atoms with Gasteiger partial charge < -0.3 is 9.32 Å². The third-order valence-electron chi connectivity index (χ3n) is 5.04. The number of anilines is 1. The zero-order valence-electron chi connectivity index (χ0n) is 16.0. The molecule has 26 heavy (non-hydrogen) atoms. The Morgan fingerprint density at radius 1 is 1.08 bits per heavy atom. The van der Waals surface area contributed by atoms with Gasteiger partial charge in [0.25, 0.3) is 0 Å². The highest BCUT2D eigenvalue weighted by molar-refractivity contribution is 5.58. The summed E-state index contributed by atoms with van der Waals surface area (Å²) in [5, 5.41) is 18.4. The van der Waals surface area contributed by atoms with Gasteiger partial charge in [0.2, 0.25) is 5.89 Å². The predicted octanol–water partition coefficient (Wildman–Crippen LogP) is 2.40. The van der Waals surface area contributed by atoms with E-state index in [4.69, 9.17) is 4.42 Å². The summed E-state index contributed by atoms with van der Waals surface area (Å²) in [6.07, 6.45) is 1.60. The molecule has 7 heteroatoms. The average Bonchev–Trinajstić information content (AvgIpc) is 2.98. The molecule has 0 saturated carbocycles. The topological polar surface area (TPSA) is 82.1 Å². The normalized spacial score (nSPS) is 15.3. The van der Waals surface area contributed by atoms with Gasteiger partial charge in [0.15, 0.2) is 5.82 Å². The number of piperazine rings is 1. The van der Waals surface area contributed by atoms with E-state index < -0.39 is 0 Å². The van der Waals surface area contributed by atoms with Crippen molar-refractivity contribution >= 4 is 5.82 Å². The van der Waals surface area contributed by atoms with Gasteiger partial charge in [-0.15, -0.1) is 5.10 Å². The first kappa shape index (κ1) is 18.3. The first-order chi connectivity index (χ1) is 12.6. The SMILES string of the molecule is CCc1nnc(N2CCN(Cc3nc(C)c(C)o3)CC2)c(C#N)c1CC. The third kappa shape index (κ3) is 3.56. The van der Waals surface area contributed by atoms with Gasteiger partial charge in [0, 0.05) is 26.2 Å². The van der Waals surface area contributed by atoms with Crippen molar-refractivity contribution in [3.8, 4) is 6.07 Å². The lowest BCUT2D eigenvalue weighted by molar-refractivity contribution is 0.224. The highest BCUT2D eigenvalue weighted by Gasteiger charge is 2.24. The Hall–Kier alpha value is -2.46. The predicted molar refractivity (Wildman–Crippen MR) is 99.0 cm³/mol. The zero-order valence-corrected chi connectivity index (χ0v) is 16.0. The molecule has 0 aromatic carbocycles. The largest absolute Gasteiger partial charge is 0.444 e. The van der Waals surface area contributed by atoms with Crippen molar-refractivity contribution in [1.82, 2.24) is 20.1 Å². The molecule has 1 fully saturated rings. The van der Waals surface area contributed by atoms with Crippen LogP contribution in [-0.2, 0) is 19.4 Å². The van der Waals surface area contributed by atoms with E-state index in [1.54, 1.807) is 0 Å². The summed E-state index contributed by atoms with van der Waals surface area (Å²) in [4.78, 5) is 8.96. The molecular weight excluding hydrogens is 328 g/mol. The Kier molecular flexibility index (Phi) is 5.52. The molecule has 1 aliphatic rings. The Morgan fingerprint density at radius 2 is 1.81 bits per heavy atom. The molecule has 3 heterocycles. The molecule has 138 valence electrons. The number of aromatic nitrogens is 3. The lowest BCUT2D eigenvalue weighted by Crippen LogP contribution is -2.46. The number of hydrogen-bond donors (Lipinski definition) is 0. The van der Waals surface area contributed by atoms with Crippen LogP contribution in [0.4, 0.5) is 5.82 Å². The maximum atomic E-state index is 9.68. The van der Waals surface area contributed by atoms with E-state index in [1.807, 2.05) is 13.8 Å². The molecular formula is C19H26N6O. The van der Waals surface area contributed by atoms with Crippen molar-refractivity contribution in [2.45, 2.75) is 47.1 Å². The molecule has 7 nitrogen and oxygen atoms in total. The van der Waals surface area contributed by atoms with E-state index in [1.165, 1.54) is 0 Å². The van der Waals surface area contributed by atoms with Crippen molar-refractivity contribution in [3.05, 3.63) is 34.2 Å². The second-order valence-corrected chi connectivity index (χ2v) is 6.66. The summed E-state index contributed by atoms with van der Waals surface area (Å²) < 4.78 is 5.69. The van der Waals surface area contributed by atoms with Crippen molar-refractivity contribution in [1.29, 1.82) is 5.26 Å². The van der Waals surface area contributed by atoms with Gasteiger partial charge >= 0.3 is 0 Å². The maximum Gasteiger partial charge on any atom is 0.208 e. The second-order valence-electron chi connectivity index (χ2n) is 6.66. The summed E-state index contributed by atoms with van der Waals surface area (Å²) >= 11 is 0. The van der Waals surface area contributed by atoms with E-state index in [0.717, 1.165) is 73.4 Å². The van der Waals surface area contributed by atoms with Crippen LogP contribution in [0.25, 0.3) is 0 Å². The lowest BCUT2D eigenvalue weighted by atomic mass is 10.0. The second kappa shape index (κ2) is 7.83. The van der Waals surface area contributed by atoms with Crippen molar-refractivity contribution in [2.24, 2.45) is 0 Å². The van der Waals surface area contributed by atoms with E-state index in [0.29, 0.717) is 12.1 Å². The molecule has 2 aromatic heterocycles. The number of rotatable bonds is 5. The molecule has 0 atom stereocenters. The minimum absolute atomic E-state index is 0.687. The number of nitriles is 1. The summed E-state index contributed by atoms with van der Waals surface area (Å²) in [6, 6.07) is 2.36. The van der Waals surface area contributed by atoms with Crippen LogP contribution in [0.15, 0.2) is 4.42 Å². The minimum Gasteiger partial charge on any atom is -0.444 e. The van der Waals surface area contributed by atoms with Crippen LogP contribution in [0.5, 0.6) is 0 Å². The summed E-state index contributed by atoms with van der Waals surface area (Å²) in [7, 11) is 0. The molecule has 3 rings (SSSR count). The average molecular weight is 354 g/mol. The molecule has 0 N–H and O–H groups in total. The Balaban J connectivity index is 1.71. The highest BCUT2D eigenvalue weighted by atomic mass is 16.4. The molecule has 0 radical (unpaired) electrons. The number of nitrogens with zero attached hydrogens (tertiary/aromatic N) is 6. The zero-order chi connectivity index (χ0) is 18.7. The van der Waals surface area contributed by atoms with Crippen molar-refractivity contribution in [2.75, 3.05) is 31.1 Å². The summed E-state index contributed by atoms with van der Waals surface area (Å²) in [5.41, 5.74) is 3.61. The van der Waals surface area contributed by atoms with Crippen LogP contribution in [0.3, 0.4) is 0 Å². The fourth-order valence-electron chi connectivity index (χ4n) is 3.42. The standard InChI is InChI=1S/C19H26N6O/c1-5-15-16(11-20)19(23-22-17(15)6-2)25-9-7-24(8-10-25)12-18-21-13(3)14(4)26-18/h5-10,12H2,1-4H3. The van der Waals surface area contributed by atoms with Gasteiger partial charge in [-0.25, -0.2) is 4.98 Å². The van der Waals surface area contributed by atoms with Gasteiger partial charge in [0.05, 0.1) is 17.9 Å². The van der Waals surface area contributed by atoms with Crippen molar-refractivity contribution < 1.29 is 4.42 Å². The third-order valence-corrected chi connectivity index (χ3v) is 5.04. The molecule has 2 aromatic rings. The van der Waals surface area contributed by atoms with Crippen LogP contribution in [0, 0.1) is 25.2 Å². The maximum absolute atomic E-state index is 9.68. The highest BCUT2D eigenvalue weighted by Crippen LogP contribution is 2.24. The molecule has 1 aliphatic heterocycles. The van der Waals surface area contributed by atoms with Crippen molar-refractivity contribution in [3.63, 3.8) is 0 Å². The van der Waals surface area contributed by atoms with E-state index in [2.05, 4.69) is 44.9 Å². The number of oxazole rings is 1. The quantitative estimate of drug-likeness (QED) is 0.815. The number of hydrogen-bond acceptors (Lipinski definition) is 7. The van der Waals surface area contributed by atoms with Gasteiger partial charge in [-0.2, -0.15) is 10.4 Å². The summed E-state index contributed by atoms with van der Waals surface area (Å²) in [5.74, 6) is 2.38. The van der Waals surface area contributed by atoms with Gasteiger partial charge in [-0.3, -0.25) is 4.90 Å². The summed E-state index contributed by atoms with van der Waals surface area (Å²) in [6.45, 7) is 12.1. The fraction of sp³-hybridized carbons (Fsp3) is 0.579. The van der Waals surface area contributed by atoms with Crippen LogP contribution < -0.4 is 4.90 Å². The van der Waals surface area contributed by atoms with E-state index >= 15 is 0 Å². The Bertz CT molecular complexity index is 795. The molecule has 0 aliphatic carbocycles. The first-order valence-electron chi connectivity index (χ1n) is 9.26. The van der Waals surface area contributed by atoms with Gasteiger partial charge in [0.1, 0.15) is 17.4 Å². The van der Waals surface area contributed by atoms with Crippen LogP contribution in [0.2, 0.25) is 0 Å². The van der Waals surface area contributed by atoms with Crippen LogP contribution in [0.1, 0.15) is 48.0 Å². The lowest BCUT2D eigenvalue weighted by Gasteiger charge is -2.35. The molecule has 1 saturated heterocycles. The smallest absolute Gasteiger partial charge is 0.208 e. The molecule has 0 spiro atoms. The molecule has 0 bridgehead atoms. The Morgan fingerprint density at radius 3 is 2.35 bits per heavy atom.